The lowest BCUT2D eigenvalue weighted by molar-refractivity contribution is 0.155. The summed E-state index contributed by atoms with van der Waals surface area (Å²) in [5.74, 6) is 0. The van der Waals surface area contributed by atoms with Gasteiger partial charge in [0, 0.05) is 18.4 Å². The van der Waals surface area contributed by atoms with Gasteiger partial charge in [-0.2, -0.15) is 5.10 Å². The first-order chi connectivity index (χ1) is 8.06. The van der Waals surface area contributed by atoms with Gasteiger partial charge in [-0.3, -0.25) is 4.68 Å². The van der Waals surface area contributed by atoms with Crippen molar-refractivity contribution in [1.29, 1.82) is 0 Å². The number of hydrogen-bond acceptors (Lipinski definition) is 3. The summed E-state index contributed by atoms with van der Waals surface area (Å²) in [6, 6.07) is 0.202. The minimum Gasteiger partial charge on any atom is -0.389 e. The second kappa shape index (κ2) is 6.17. The number of aryl methyl sites for hydroxylation is 1. The Kier molecular flexibility index (Phi) is 5.15. The largest absolute Gasteiger partial charge is 0.389 e. The summed E-state index contributed by atoms with van der Waals surface area (Å²) in [7, 11) is 1.70. The SMILES string of the molecule is CCc1nn(C(C)COC)c(CC)c1C(C)O. The number of aliphatic hydroxyl groups is 1. The minimum absolute atomic E-state index is 0.202. The van der Waals surface area contributed by atoms with Gasteiger partial charge >= 0.3 is 0 Å². The number of nitrogens with zero attached hydrogens (tertiary/aromatic N) is 2. The maximum Gasteiger partial charge on any atom is 0.0798 e. The summed E-state index contributed by atoms with van der Waals surface area (Å²) in [5.41, 5.74) is 3.12. The summed E-state index contributed by atoms with van der Waals surface area (Å²) in [6.45, 7) is 8.69. The summed E-state index contributed by atoms with van der Waals surface area (Å²) >= 11 is 0. The highest BCUT2D eigenvalue weighted by Crippen LogP contribution is 2.25. The smallest absolute Gasteiger partial charge is 0.0798 e. The van der Waals surface area contributed by atoms with Crippen LogP contribution in [0.1, 0.15) is 56.8 Å². The van der Waals surface area contributed by atoms with Crippen molar-refractivity contribution in [2.45, 2.75) is 52.7 Å². The summed E-state index contributed by atoms with van der Waals surface area (Å²) in [5, 5.41) is 14.5. The van der Waals surface area contributed by atoms with Crippen molar-refractivity contribution in [2.24, 2.45) is 0 Å². The van der Waals surface area contributed by atoms with Crippen LogP contribution in [0.2, 0.25) is 0 Å². The number of hydrogen-bond donors (Lipinski definition) is 1. The molecule has 0 bridgehead atoms. The predicted octanol–water partition coefficient (Wildman–Crippen LogP) is 2.27. The van der Waals surface area contributed by atoms with E-state index in [1.54, 1.807) is 14.0 Å². The zero-order valence-electron chi connectivity index (χ0n) is 11.5. The van der Waals surface area contributed by atoms with Crippen LogP contribution in [0.15, 0.2) is 0 Å². The topological polar surface area (TPSA) is 47.3 Å². The Bertz CT molecular complexity index is 359. The molecule has 1 aromatic heterocycles. The van der Waals surface area contributed by atoms with Gasteiger partial charge in [0.25, 0.3) is 0 Å². The summed E-state index contributed by atoms with van der Waals surface area (Å²) in [4.78, 5) is 0. The van der Waals surface area contributed by atoms with Crippen molar-refractivity contribution in [3.8, 4) is 0 Å². The molecule has 1 heterocycles. The zero-order chi connectivity index (χ0) is 13.0. The van der Waals surface area contributed by atoms with Crippen molar-refractivity contribution in [2.75, 3.05) is 13.7 Å². The molecule has 0 amide bonds. The molecule has 0 radical (unpaired) electrons. The van der Waals surface area contributed by atoms with E-state index in [9.17, 15) is 5.11 Å². The van der Waals surface area contributed by atoms with Gasteiger partial charge in [-0.1, -0.05) is 13.8 Å². The predicted molar refractivity (Wildman–Crippen MR) is 68.2 cm³/mol. The molecule has 1 rings (SSSR count). The van der Waals surface area contributed by atoms with Crippen LogP contribution in [0, 0.1) is 0 Å². The number of ether oxygens (including phenoxy) is 1. The van der Waals surface area contributed by atoms with Gasteiger partial charge in [-0.15, -0.1) is 0 Å². The van der Waals surface area contributed by atoms with E-state index in [-0.39, 0.29) is 6.04 Å². The molecule has 0 aliphatic carbocycles. The van der Waals surface area contributed by atoms with E-state index in [0.29, 0.717) is 6.61 Å². The van der Waals surface area contributed by atoms with E-state index >= 15 is 0 Å². The molecule has 1 N–H and O–H groups in total. The maximum absolute atomic E-state index is 9.89. The van der Waals surface area contributed by atoms with E-state index in [1.165, 1.54) is 0 Å². The lowest BCUT2D eigenvalue weighted by Crippen LogP contribution is -2.15. The van der Waals surface area contributed by atoms with Crippen molar-refractivity contribution >= 4 is 0 Å². The van der Waals surface area contributed by atoms with Crippen LogP contribution in [0.5, 0.6) is 0 Å². The van der Waals surface area contributed by atoms with E-state index in [1.807, 2.05) is 4.68 Å². The lowest BCUT2D eigenvalue weighted by atomic mass is 10.0. The minimum atomic E-state index is -0.455. The fourth-order valence-electron chi connectivity index (χ4n) is 2.31. The van der Waals surface area contributed by atoms with Gasteiger partial charge < -0.3 is 9.84 Å². The first-order valence-electron chi connectivity index (χ1n) is 6.33. The van der Waals surface area contributed by atoms with Crippen LogP contribution < -0.4 is 0 Å². The Balaban J connectivity index is 3.22. The van der Waals surface area contributed by atoms with Gasteiger partial charge in [0.15, 0.2) is 0 Å². The fraction of sp³-hybridized carbons (Fsp3) is 0.769. The second-order valence-corrected chi connectivity index (χ2v) is 4.44. The normalized spacial score (nSPS) is 14.9. The Labute approximate surface area is 104 Å². The van der Waals surface area contributed by atoms with E-state index in [4.69, 9.17) is 4.74 Å². The molecule has 0 spiro atoms. The van der Waals surface area contributed by atoms with Crippen LogP contribution in [-0.4, -0.2) is 28.6 Å². The number of rotatable bonds is 6. The third kappa shape index (κ3) is 2.87. The molecule has 2 unspecified atom stereocenters. The van der Waals surface area contributed by atoms with Crippen molar-refractivity contribution in [3.63, 3.8) is 0 Å². The lowest BCUT2D eigenvalue weighted by Gasteiger charge is -2.15. The average Bonchev–Trinajstić information content (AvgIpc) is 2.67. The molecule has 0 aliphatic rings. The third-order valence-corrected chi connectivity index (χ3v) is 3.04. The molecule has 0 aromatic carbocycles. The third-order valence-electron chi connectivity index (χ3n) is 3.04. The van der Waals surface area contributed by atoms with Crippen molar-refractivity contribution < 1.29 is 9.84 Å². The molecule has 0 saturated heterocycles. The highest BCUT2D eigenvalue weighted by molar-refractivity contribution is 5.29. The van der Waals surface area contributed by atoms with E-state index in [2.05, 4.69) is 25.9 Å². The van der Waals surface area contributed by atoms with Gasteiger partial charge in [-0.05, 0) is 26.7 Å². The van der Waals surface area contributed by atoms with Gasteiger partial charge in [0.05, 0.1) is 24.4 Å². The van der Waals surface area contributed by atoms with Crippen molar-refractivity contribution in [3.05, 3.63) is 17.0 Å². The van der Waals surface area contributed by atoms with Crippen LogP contribution in [0.3, 0.4) is 0 Å². The maximum atomic E-state index is 9.89. The van der Waals surface area contributed by atoms with Crippen LogP contribution in [0.4, 0.5) is 0 Å². The second-order valence-electron chi connectivity index (χ2n) is 4.44. The molecule has 1 aromatic rings. The van der Waals surface area contributed by atoms with Crippen molar-refractivity contribution in [1.82, 2.24) is 9.78 Å². The number of aromatic nitrogens is 2. The molecule has 98 valence electrons. The molecule has 17 heavy (non-hydrogen) atoms. The molecule has 0 saturated carbocycles. The van der Waals surface area contributed by atoms with Gasteiger partial charge in [-0.25, -0.2) is 0 Å². The molecule has 4 heteroatoms. The molecular weight excluding hydrogens is 216 g/mol. The Morgan fingerprint density at radius 1 is 1.29 bits per heavy atom. The molecule has 0 aliphatic heterocycles. The number of methoxy groups -OCH3 is 1. The monoisotopic (exact) mass is 240 g/mol. The highest BCUT2D eigenvalue weighted by atomic mass is 16.5. The summed E-state index contributed by atoms with van der Waals surface area (Å²) < 4.78 is 7.18. The standard InChI is InChI=1S/C13H24N2O2/c1-6-11-13(10(4)16)12(7-2)15(14-11)9(3)8-17-5/h9-10,16H,6-8H2,1-5H3. The number of aliphatic hydroxyl groups excluding tert-OH is 1. The Morgan fingerprint density at radius 3 is 2.35 bits per heavy atom. The van der Waals surface area contributed by atoms with Crippen LogP contribution in [0.25, 0.3) is 0 Å². The van der Waals surface area contributed by atoms with Crippen LogP contribution >= 0.6 is 0 Å². The molecule has 2 atom stereocenters. The first kappa shape index (κ1) is 14.2. The average molecular weight is 240 g/mol. The Morgan fingerprint density at radius 2 is 1.94 bits per heavy atom. The molecule has 0 fully saturated rings. The first-order valence-corrected chi connectivity index (χ1v) is 6.33. The quantitative estimate of drug-likeness (QED) is 0.829. The highest BCUT2D eigenvalue weighted by Gasteiger charge is 2.21. The molecular formula is C13H24N2O2. The van der Waals surface area contributed by atoms with E-state index < -0.39 is 6.10 Å². The van der Waals surface area contributed by atoms with Gasteiger partial charge in [0.1, 0.15) is 0 Å². The zero-order valence-corrected chi connectivity index (χ0v) is 11.5. The van der Waals surface area contributed by atoms with Crippen LogP contribution in [-0.2, 0) is 17.6 Å². The van der Waals surface area contributed by atoms with E-state index in [0.717, 1.165) is 29.8 Å². The fourth-order valence-corrected chi connectivity index (χ4v) is 2.31. The van der Waals surface area contributed by atoms with Gasteiger partial charge in [0.2, 0.25) is 0 Å². The summed E-state index contributed by atoms with van der Waals surface area (Å²) in [6.07, 6.45) is 1.27. The Hall–Kier alpha value is -0.870. The molecule has 4 nitrogen and oxygen atoms in total.